The van der Waals surface area contributed by atoms with Gasteiger partial charge in [0.05, 0.1) is 0 Å². The quantitative estimate of drug-likeness (QED) is 0.160. The van der Waals surface area contributed by atoms with E-state index in [2.05, 4.69) is 21.5 Å². The van der Waals surface area contributed by atoms with Crippen LogP contribution >= 0.6 is 0 Å². The maximum Gasteiger partial charge on any atom is 0.0225 e. The van der Waals surface area contributed by atoms with Crippen LogP contribution in [0.25, 0.3) is 0 Å². The van der Waals surface area contributed by atoms with Crippen LogP contribution in [0.4, 0.5) is 0 Å². The molecule has 0 aromatic heterocycles. The average molecular weight is 204 g/mol. The van der Waals surface area contributed by atoms with Crippen molar-refractivity contribution in [3.05, 3.63) is 0 Å². The molecule has 0 aliphatic carbocycles. The van der Waals surface area contributed by atoms with Crippen LogP contribution in [-0.2, 0) is 0 Å². The molecule has 0 atom stereocenters. The van der Waals surface area contributed by atoms with Gasteiger partial charge in [0.1, 0.15) is 0 Å². The number of rotatable bonds is 11. The van der Waals surface area contributed by atoms with Gasteiger partial charge in [-0.1, -0.05) is 0 Å². The van der Waals surface area contributed by atoms with E-state index < -0.39 is 0 Å². The van der Waals surface area contributed by atoms with Gasteiger partial charge in [0.15, 0.2) is 0 Å². The Bertz CT molecular complexity index is 87.8. The minimum absolute atomic E-state index is 0.656. The Morgan fingerprint density at radius 3 is 1.71 bits per heavy atom. The topological polar surface area (TPSA) is 100 Å². The Hall–Kier alpha value is -0.240. The molecule has 0 radical (unpaired) electrons. The largest absolute Gasteiger partial charge is 0.329 e. The highest BCUT2D eigenvalue weighted by molar-refractivity contribution is 4.53. The van der Waals surface area contributed by atoms with E-state index in [4.69, 9.17) is 11.5 Å². The molecule has 0 saturated carbocycles. The summed E-state index contributed by atoms with van der Waals surface area (Å²) >= 11 is 0. The van der Waals surface area contributed by atoms with E-state index in [-0.39, 0.29) is 0 Å². The molecule has 0 spiro atoms. The van der Waals surface area contributed by atoms with E-state index >= 15 is 0 Å². The molecule has 0 rings (SSSR count). The van der Waals surface area contributed by atoms with Gasteiger partial charge >= 0.3 is 0 Å². The van der Waals surface area contributed by atoms with Crippen molar-refractivity contribution in [1.29, 1.82) is 0 Å². The molecule has 0 saturated heterocycles. The Kier molecular flexibility index (Phi) is 12.5. The fourth-order valence-electron chi connectivity index (χ4n) is 0.929. The van der Waals surface area contributed by atoms with E-state index in [1.807, 2.05) is 0 Å². The SMILES string of the molecule is NCCNCCNCCNNCCN. The summed E-state index contributed by atoms with van der Waals surface area (Å²) < 4.78 is 0. The minimum atomic E-state index is 0.656. The summed E-state index contributed by atoms with van der Waals surface area (Å²) in [5.74, 6) is 0. The van der Waals surface area contributed by atoms with Crippen LogP contribution < -0.4 is 33.0 Å². The van der Waals surface area contributed by atoms with Crippen LogP contribution in [0.2, 0.25) is 0 Å². The summed E-state index contributed by atoms with van der Waals surface area (Å²) in [7, 11) is 0. The van der Waals surface area contributed by atoms with Crippen LogP contribution in [0.15, 0.2) is 0 Å². The van der Waals surface area contributed by atoms with Gasteiger partial charge in [-0.05, 0) is 0 Å². The second-order valence-electron chi connectivity index (χ2n) is 2.93. The first kappa shape index (κ1) is 13.8. The van der Waals surface area contributed by atoms with Gasteiger partial charge < -0.3 is 22.1 Å². The molecular formula is C8H24N6. The Labute approximate surface area is 86.1 Å². The van der Waals surface area contributed by atoms with Crippen molar-refractivity contribution in [2.45, 2.75) is 0 Å². The number of hydrazine groups is 1. The molecule has 0 amide bonds. The van der Waals surface area contributed by atoms with Gasteiger partial charge in [0.25, 0.3) is 0 Å². The minimum Gasteiger partial charge on any atom is -0.329 e. The van der Waals surface area contributed by atoms with E-state index in [0.29, 0.717) is 13.1 Å². The van der Waals surface area contributed by atoms with Gasteiger partial charge in [0.2, 0.25) is 0 Å². The van der Waals surface area contributed by atoms with E-state index in [1.165, 1.54) is 0 Å². The molecule has 0 aromatic rings. The Morgan fingerprint density at radius 1 is 0.571 bits per heavy atom. The molecule has 8 N–H and O–H groups in total. The molecule has 86 valence electrons. The van der Waals surface area contributed by atoms with Crippen molar-refractivity contribution >= 4 is 0 Å². The highest BCUT2D eigenvalue weighted by atomic mass is 15.4. The molecule has 0 unspecified atom stereocenters. The molecule has 0 aliphatic heterocycles. The molecule has 6 heteroatoms. The summed E-state index contributed by atoms with van der Waals surface area (Å²) in [6, 6.07) is 0. The lowest BCUT2D eigenvalue weighted by molar-refractivity contribution is 0.515. The third-order valence-corrected chi connectivity index (χ3v) is 1.62. The predicted molar refractivity (Wildman–Crippen MR) is 59.9 cm³/mol. The molecule has 6 nitrogen and oxygen atoms in total. The van der Waals surface area contributed by atoms with Gasteiger partial charge in [0, 0.05) is 52.4 Å². The maximum absolute atomic E-state index is 5.33. The van der Waals surface area contributed by atoms with Crippen molar-refractivity contribution in [1.82, 2.24) is 21.5 Å². The van der Waals surface area contributed by atoms with Crippen LogP contribution in [0.5, 0.6) is 0 Å². The van der Waals surface area contributed by atoms with E-state index in [9.17, 15) is 0 Å². The summed E-state index contributed by atoms with van der Waals surface area (Å²) in [5, 5.41) is 6.49. The van der Waals surface area contributed by atoms with E-state index in [0.717, 1.165) is 39.3 Å². The highest BCUT2D eigenvalue weighted by Crippen LogP contribution is 1.59. The van der Waals surface area contributed by atoms with Gasteiger partial charge in [-0.3, -0.25) is 10.9 Å². The zero-order chi connectivity index (χ0) is 10.5. The molecule has 0 bridgehead atoms. The number of nitrogens with two attached hydrogens (primary N) is 2. The predicted octanol–water partition coefficient (Wildman–Crippen LogP) is -2.82. The lowest BCUT2D eigenvalue weighted by atomic mass is 10.5. The van der Waals surface area contributed by atoms with Crippen molar-refractivity contribution in [3.8, 4) is 0 Å². The normalized spacial score (nSPS) is 10.7. The third-order valence-electron chi connectivity index (χ3n) is 1.62. The number of nitrogens with one attached hydrogen (secondary N) is 4. The molecule has 0 aliphatic rings. The number of hydrogen-bond donors (Lipinski definition) is 6. The molecule has 0 fully saturated rings. The molecule has 14 heavy (non-hydrogen) atoms. The smallest absolute Gasteiger partial charge is 0.0225 e. The summed E-state index contributed by atoms with van der Waals surface area (Å²) in [5.41, 5.74) is 16.7. The average Bonchev–Trinajstić information content (AvgIpc) is 2.21. The fraction of sp³-hybridized carbons (Fsp3) is 1.00. The van der Waals surface area contributed by atoms with Gasteiger partial charge in [-0.15, -0.1) is 0 Å². The Morgan fingerprint density at radius 2 is 1.07 bits per heavy atom. The molecular weight excluding hydrogens is 180 g/mol. The van der Waals surface area contributed by atoms with Crippen molar-refractivity contribution in [3.63, 3.8) is 0 Å². The van der Waals surface area contributed by atoms with Gasteiger partial charge in [-0.25, -0.2) is 0 Å². The first-order chi connectivity index (χ1) is 6.91. The summed E-state index contributed by atoms with van der Waals surface area (Å²) in [4.78, 5) is 0. The second-order valence-corrected chi connectivity index (χ2v) is 2.93. The lowest BCUT2D eigenvalue weighted by Gasteiger charge is -2.07. The number of hydrogen-bond acceptors (Lipinski definition) is 6. The van der Waals surface area contributed by atoms with Gasteiger partial charge in [-0.2, -0.15) is 0 Å². The zero-order valence-corrected chi connectivity index (χ0v) is 8.81. The first-order valence-corrected chi connectivity index (χ1v) is 5.19. The summed E-state index contributed by atoms with van der Waals surface area (Å²) in [6.07, 6.45) is 0. The van der Waals surface area contributed by atoms with Crippen molar-refractivity contribution in [2.24, 2.45) is 11.5 Å². The maximum atomic E-state index is 5.33. The molecule has 0 aromatic carbocycles. The zero-order valence-electron chi connectivity index (χ0n) is 8.81. The van der Waals surface area contributed by atoms with Crippen LogP contribution in [0.1, 0.15) is 0 Å². The molecule has 0 heterocycles. The lowest BCUT2D eigenvalue weighted by Crippen LogP contribution is -2.41. The summed E-state index contributed by atoms with van der Waals surface area (Å²) in [6.45, 7) is 6.83. The van der Waals surface area contributed by atoms with Crippen LogP contribution in [-0.4, -0.2) is 52.4 Å². The third kappa shape index (κ3) is 11.8. The monoisotopic (exact) mass is 204 g/mol. The van der Waals surface area contributed by atoms with Crippen molar-refractivity contribution < 1.29 is 0 Å². The van der Waals surface area contributed by atoms with E-state index in [1.54, 1.807) is 0 Å². The first-order valence-electron chi connectivity index (χ1n) is 5.19. The van der Waals surface area contributed by atoms with Crippen LogP contribution in [0, 0.1) is 0 Å². The standard InChI is InChI=1S/C8H24N6/c9-1-3-11-5-6-12-7-8-14-13-4-2-10/h11-14H,1-10H2. The van der Waals surface area contributed by atoms with Crippen molar-refractivity contribution in [2.75, 3.05) is 52.4 Å². The highest BCUT2D eigenvalue weighted by Gasteiger charge is 1.87. The Balaban J connectivity index is 2.78. The second kappa shape index (κ2) is 12.8. The fourth-order valence-corrected chi connectivity index (χ4v) is 0.929. The van der Waals surface area contributed by atoms with Crippen LogP contribution in [0.3, 0.4) is 0 Å².